The maximum absolute atomic E-state index is 13.2. The zero-order valence-corrected chi connectivity index (χ0v) is 16.2. The summed E-state index contributed by atoms with van der Waals surface area (Å²) in [5, 5.41) is 5.40. The lowest BCUT2D eigenvalue weighted by Crippen LogP contribution is -2.44. The number of halogens is 2. The van der Waals surface area contributed by atoms with Crippen molar-refractivity contribution >= 4 is 35.7 Å². The van der Waals surface area contributed by atoms with Crippen molar-refractivity contribution in [2.24, 2.45) is 5.92 Å². The Labute approximate surface area is 169 Å². The molecule has 0 saturated carbocycles. The van der Waals surface area contributed by atoms with Gasteiger partial charge in [-0.1, -0.05) is 12.1 Å². The van der Waals surface area contributed by atoms with Gasteiger partial charge < -0.3 is 21.3 Å². The number of hydrogen-bond acceptors (Lipinski definition) is 3. The molecule has 3 amide bonds. The lowest BCUT2D eigenvalue weighted by Gasteiger charge is -2.33. The summed E-state index contributed by atoms with van der Waals surface area (Å²) in [6.07, 6.45) is 1.81. The van der Waals surface area contributed by atoms with E-state index in [1.807, 2.05) is 0 Å². The van der Waals surface area contributed by atoms with E-state index in [9.17, 15) is 14.0 Å². The molecule has 3 rings (SSSR count). The third kappa shape index (κ3) is 5.85. The van der Waals surface area contributed by atoms with E-state index >= 15 is 0 Å². The van der Waals surface area contributed by atoms with E-state index in [2.05, 4.69) is 10.6 Å². The molecule has 1 saturated heterocycles. The SMILES string of the molecule is Cl.Nc1cccc(C(=O)N2CCCC(CNC(=O)Nc3cccc(F)c3)C2)c1. The predicted octanol–water partition coefficient (Wildman–Crippen LogP) is 3.50. The second-order valence-corrected chi connectivity index (χ2v) is 6.73. The third-order valence-corrected chi connectivity index (χ3v) is 4.57. The van der Waals surface area contributed by atoms with Crippen molar-refractivity contribution in [3.05, 3.63) is 59.9 Å². The van der Waals surface area contributed by atoms with E-state index in [-0.39, 0.29) is 30.3 Å². The van der Waals surface area contributed by atoms with Gasteiger partial charge in [0.2, 0.25) is 0 Å². The summed E-state index contributed by atoms with van der Waals surface area (Å²) in [4.78, 5) is 26.4. The monoisotopic (exact) mass is 406 g/mol. The van der Waals surface area contributed by atoms with Crippen molar-refractivity contribution in [3.63, 3.8) is 0 Å². The van der Waals surface area contributed by atoms with E-state index in [1.54, 1.807) is 35.2 Å². The highest BCUT2D eigenvalue weighted by molar-refractivity contribution is 5.95. The van der Waals surface area contributed by atoms with Crippen LogP contribution in [0.4, 0.5) is 20.6 Å². The van der Waals surface area contributed by atoms with E-state index in [0.717, 1.165) is 12.8 Å². The van der Waals surface area contributed by atoms with Crippen molar-refractivity contribution in [3.8, 4) is 0 Å². The van der Waals surface area contributed by atoms with Crippen molar-refractivity contribution in [1.29, 1.82) is 0 Å². The Bertz CT molecular complexity index is 833. The molecule has 0 aromatic heterocycles. The fourth-order valence-corrected chi connectivity index (χ4v) is 3.25. The third-order valence-electron chi connectivity index (χ3n) is 4.57. The van der Waals surface area contributed by atoms with Gasteiger partial charge in [0.1, 0.15) is 5.82 Å². The number of nitrogens with zero attached hydrogens (tertiary/aromatic N) is 1. The smallest absolute Gasteiger partial charge is 0.319 e. The fourth-order valence-electron chi connectivity index (χ4n) is 3.25. The molecule has 8 heteroatoms. The number of anilines is 2. The lowest BCUT2D eigenvalue weighted by atomic mass is 9.97. The summed E-state index contributed by atoms with van der Waals surface area (Å²) in [6, 6.07) is 12.3. The topological polar surface area (TPSA) is 87.5 Å². The Morgan fingerprint density at radius 3 is 2.71 bits per heavy atom. The molecule has 1 fully saturated rings. The molecule has 28 heavy (non-hydrogen) atoms. The van der Waals surface area contributed by atoms with Crippen LogP contribution in [0.5, 0.6) is 0 Å². The summed E-state index contributed by atoms with van der Waals surface area (Å²) in [5.41, 5.74) is 7.29. The molecule has 150 valence electrons. The number of carbonyl (C=O) groups excluding carboxylic acids is 2. The molecular weight excluding hydrogens is 383 g/mol. The van der Waals surface area contributed by atoms with Gasteiger partial charge in [-0.05, 0) is 55.2 Å². The maximum atomic E-state index is 13.2. The van der Waals surface area contributed by atoms with E-state index in [0.29, 0.717) is 36.6 Å². The average molecular weight is 407 g/mol. The lowest BCUT2D eigenvalue weighted by molar-refractivity contribution is 0.0675. The number of rotatable bonds is 4. The normalized spacial score (nSPS) is 16.0. The molecule has 0 bridgehead atoms. The Kier molecular flexibility index (Phi) is 7.63. The number of benzene rings is 2. The standard InChI is InChI=1S/C20H23FN4O2.ClH/c21-16-6-2-8-18(11-16)24-20(27)23-12-14-4-3-9-25(13-14)19(26)15-5-1-7-17(22)10-15;/h1-2,5-8,10-11,14H,3-4,9,12-13,22H2,(H2,23,24,27);1H. The number of carbonyl (C=O) groups is 2. The van der Waals surface area contributed by atoms with Crippen LogP contribution in [-0.2, 0) is 0 Å². The highest BCUT2D eigenvalue weighted by Crippen LogP contribution is 2.19. The maximum Gasteiger partial charge on any atom is 0.319 e. The van der Waals surface area contributed by atoms with Crippen LogP contribution in [0.2, 0.25) is 0 Å². The van der Waals surface area contributed by atoms with Crippen molar-refractivity contribution in [2.75, 3.05) is 30.7 Å². The van der Waals surface area contributed by atoms with Crippen molar-refractivity contribution in [2.45, 2.75) is 12.8 Å². The quantitative estimate of drug-likeness (QED) is 0.679. The Morgan fingerprint density at radius 1 is 1.18 bits per heavy atom. The van der Waals surface area contributed by atoms with E-state index in [4.69, 9.17) is 5.73 Å². The molecule has 2 aromatic carbocycles. The molecule has 6 nitrogen and oxygen atoms in total. The number of urea groups is 1. The van der Waals surface area contributed by atoms with Gasteiger partial charge in [-0.15, -0.1) is 12.4 Å². The minimum atomic E-state index is -0.407. The number of nitrogens with two attached hydrogens (primary N) is 1. The summed E-state index contributed by atoms with van der Waals surface area (Å²) >= 11 is 0. The number of piperidine rings is 1. The second-order valence-electron chi connectivity index (χ2n) is 6.73. The van der Waals surface area contributed by atoms with Gasteiger partial charge in [-0.3, -0.25) is 4.79 Å². The van der Waals surface area contributed by atoms with Gasteiger partial charge in [-0.25, -0.2) is 9.18 Å². The Balaban J connectivity index is 0.00000280. The van der Waals surface area contributed by atoms with Crippen LogP contribution < -0.4 is 16.4 Å². The van der Waals surface area contributed by atoms with Crippen molar-refractivity contribution < 1.29 is 14.0 Å². The first kappa shape index (κ1) is 21.5. The van der Waals surface area contributed by atoms with Gasteiger partial charge >= 0.3 is 6.03 Å². The first-order valence-corrected chi connectivity index (χ1v) is 8.96. The van der Waals surface area contributed by atoms with Gasteiger partial charge in [0.05, 0.1) is 0 Å². The summed E-state index contributed by atoms with van der Waals surface area (Å²) in [6.45, 7) is 1.72. The molecule has 1 unspecified atom stereocenters. The fraction of sp³-hybridized carbons (Fsp3) is 0.300. The van der Waals surface area contributed by atoms with Crippen LogP contribution in [0.1, 0.15) is 23.2 Å². The number of hydrogen-bond donors (Lipinski definition) is 3. The summed E-state index contributed by atoms with van der Waals surface area (Å²) in [5.74, 6) is -0.283. The van der Waals surface area contributed by atoms with E-state index in [1.165, 1.54) is 18.2 Å². The molecule has 0 radical (unpaired) electrons. The van der Waals surface area contributed by atoms with Crippen LogP contribution in [0, 0.1) is 11.7 Å². The number of amides is 3. The molecule has 1 heterocycles. The number of nitrogens with one attached hydrogen (secondary N) is 2. The Hall–Kier alpha value is -2.80. The molecule has 0 aliphatic carbocycles. The van der Waals surface area contributed by atoms with Crippen LogP contribution in [0.25, 0.3) is 0 Å². The molecule has 4 N–H and O–H groups in total. The Morgan fingerprint density at radius 2 is 1.96 bits per heavy atom. The summed E-state index contributed by atoms with van der Waals surface area (Å²) < 4.78 is 13.2. The van der Waals surface area contributed by atoms with Crippen LogP contribution in [-0.4, -0.2) is 36.5 Å². The second kappa shape index (κ2) is 9.94. The zero-order chi connectivity index (χ0) is 19.2. The molecule has 1 aliphatic heterocycles. The largest absolute Gasteiger partial charge is 0.399 e. The molecular formula is C20H24ClFN4O2. The molecule has 1 aliphatic rings. The average Bonchev–Trinajstić information content (AvgIpc) is 2.66. The minimum absolute atomic E-state index is 0. The first-order valence-electron chi connectivity index (χ1n) is 8.96. The van der Waals surface area contributed by atoms with Crippen LogP contribution in [0.15, 0.2) is 48.5 Å². The van der Waals surface area contributed by atoms with Crippen LogP contribution >= 0.6 is 12.4 Å². The number of nitrogen functional groups attached to an aromatic ring is 1. The highest BCUT2D eigenvalue weighted by Gasteiger charge is 2.24. The highest BCUT2D eigenvalue weighted by atomic mass is 35.5. The van der Waals surface area contributed by atoms with Gasteiger partial charge in [0.15, 0.2) is 0 Å². The summed E-state index contributed by atoms with van der Waals surface area (Å²) in [7, 11) is 0. The van der Waals surface area contributed by atoms with Gasteiger partial charge in [0, 0.05) is 36.6 Å². The predicted molar refractivity (Wildman–Crippen MR) is 110 cm³/mol. The minimum Gasteiger partial charge on any atom is -0.399 e. The van der Waals surface area contributed by atoms with Crippen LogP contribution in [0.3, 0.4) is 0 Å². The van der Waals surface area contributed by atoms with Gasteiger partial charge in [0.25, 0.3) is 5.91 Å². The molecule has 2 aromatic rings. The first-order chi connectivity index (χ1) is 13.0. The van der Waals surface area contributed by atoms with E-state index < -0.39 is 5.82 Å². The molecule has 1 atom stereocenters. The van der Waals surface area contributed by atoms with Crippen molar-refractivity contribution in [1.82, 2.24) is 10.2 Å². The number of likely N-dealkylation sites (tertiary alicyclic amines) is 1. The molecule has 0 spiro atoms. The van der Waals surface area contributed by atoms with Gasteiger partial charge in [-0.2, -0.15) is 0 Å². The zero-order valence-electron chi connectivity index (χ0n) is 15.4.